The van der Waals surface area contributed by atoms with Crippen LogP contribution in [0.25, 0.3) is 0 Å². The second-order valence-corrected chi connectivity index (χ2v) is 7.19. The van der Waals surface area contributed by atoms with E-state index in [0.29, 0.717) is 5.02 Å². The number of hydrogen-bond donors (Lipinski definition) is 1. The van der Waals surface area contributed by atoms with E-state index in [4.69, 9.17) is 11.6 Å². The smallest absolute Gasteiger partial charge is 0.406 e. The van der Waals surface area contributed by atoms with Gasteiger partial charge in [-0.25, -0.2) is 4.39 Å². The molecular formula is C19H16ClF4NO. The van der Waals surface area contributed by atoms with Gasteiger partial charge in [0.2, 0.25) is 0 Å². The summed E-state index contributed by atoms with van der Waals surface area (Å²) in [4.78, 5) is 0. The standard InChI is InChI=1S/C19H16ClF4NO/c20-16-8-10(21)4-6-14(16)18-13-3-1-2-12(13)15-9-11(26-19(22,23)24)5-7-17(15)25-18/h4-9,12-13,18,25H,1-3H2. The molecule has 0 spiro atoms. The second kappa shape index (κ2) is 6.34. The first-order valence-electron chi connectivity index (χ1n) is 8.43. The van der Waals surface area contributed by atoms with Gasteiger partial charge in [0.15, 0.2) is 0 Å². The summed E-state index contributed by atoms with van der Waals surface area (Å²) in [5.74, 6) is -0.297. The Morgan fingerprint density at radius 1 is 1.04 bits per heavy atom. The van der Waals surface area contributed by atoms with E-state index in [1.54, 1.807) is 12.1 Å². The first-order valence-corrected chi connectivity index (χ1v) is 8.81. The quantitative estimate of drug-likeness (QED) is 0.601. The van der Waals surface area contributed by atoms with Crippen molar-refractivity contribution in [2.75, 3.05) is 5.32 Å². The average molecular weight is 386 g/mol. The van der Waals surface area contributed by atoms with Gasteiger partial charge in [-0.2, -0.15) is 0 Å². The van der Waals surface area contributed by atoms with E-state index in [0.717, 1.165) is 36.1 Å². The van der Waals surface area contributed by atoms with Crippen LogP contribution < -0.4 is 10.1 Å². The van der Waals surface area contributed by atoms with E-state index >= 15 is 0 Å². The number of hydrogen-bond acceptors (Lipinski definition) is 2. The van der Waals surface area contributed by atoms with Gasteiger partial charge in [0, 0.05) is 10.7 Å². The SMILES string of the molecule is Fc1ccc(C2Nc3ccc(OC(F)(F)F)cc3C3CCCC32)c(Cl)c1. The summed E-state index contributed by atoms with van der Waals surface area (Å²) in [6.45, 7) is 0. The molecule has 0 saturated heterocycles. The maximum Gasteiger partial charge on any atom is 0.573 e. The Balaban J connectivity index is 1.71. The van der Waals surface area contributed by atoms with Crippen LogP contribution in [0.1, 0.15) is 42.3 Å². The molecule has 26 heavy (non-hydrogen) atoms. The second-order valence-electron chi connectivity index (χ2n) is 6.79. The van der Waals surface area contributed by atoms with Crippen molar-refractivity contribution in [2.24, 2.45) is 5.92 Å². The van der Waals surface area contributed by atoms with Crippen molar-refractivity contribution in [1.29, 1.82) is 0 Å². The van der Waals surface area contributed by atoms with Crippen molar-refractivity contribution in [1.82, 2.24) is 0 Å². The van der Waals surface area contributed by atoms with Gasteiger partial charge in [-0.3, -0.25) is 0 Å². The highest BCUT2D eigenvalue weighted by molar-refractivity contribution is 6.31. The summed E-state index contributed by atoms with van der Waals surface area (Å²) < 4.78 is 55.0. The third-order valence-corrected chi connectivity index (χ3v) is 5.59. The zero-order valence-corrected chi connectivity index (χ0v) is 14.4. The number of halogens is 5. The minimum atomic E-state index is -4.71. The van der Waals surface area contributed by atoms with Crippen LogP contribution in [0, 0.1) is 11.7 Å². The number of rotatable bonds is 2. The third kappa shape index (κ3) is 3.22. The van der Waals surface area contributed by atoms with Crippen LogP contribution in [0.4, 0.5) is 23.2 Å². The predicted molar refractivity (Wildman–Crippen MR) is 91.0 cm³/mol. The lowest BCUT2D eigenvalue weighted by Gasteiger charge is -2.38. The van der Waals surface area contributed by atoms with Crippen molar-refractivity contribution >= 4 is 17.3 Å². The van der Waals surface area contributed by atoms with Crippen LogP contribution in [0.3, 0.4) is 0 Å². The van der Waals surface area contributed by atoms with Crippen molar-refractivity contribution in [3.8, 4) is 5.75 Å². The van der Waals surface area contributed by atoms with Gasteiger partial charge in [0.25, 0.3) is 0 Å². The molecule has 1 N–H and O–H groups in total. The van der Waals surface area contributed by atoms with Crippen molar-refractivity contribution < 1.29 is 22.3 Å². The number of ether oxygens (including phenoxy) is 1. The number of benzene rings is 2. The molecule has 3 atom stereocenters. The molecular weight excluding hydrogens is 370 g/mol. The van der Waals surface area contributed by atoms with Crippen LogP contribution in [-0.2, 0) is 0 Å². The van der Waals surface area contributed by atoms with Gasteiger partial charge in [0.05, 0.1) is 6.04 Å². The first kappa shape index (κ1) is 17.5. The molecule has 4 rings (SSSR count). The Morgan fingerprint density at radius 3 is 2.58 bits per heavy atom. The summed E-state index contributed by atoms with van der Waals surface area (Å²) >= 11 is 6.25. The molecule has 1 heterocycles. The number of alkyl halides is 3. The molecule has 0 radical (unpaired) electrons. The molecule has 1 saturated carbocycles. The number of anilines is 1. The van der Waals surface area contributed by atoms with E-state index in [1.807, 2.05) is 0 Å². The van der Waals surface area contributed by atoms with Gasteiger partial charge in [-0.1, -0.05) is 24.1 Å². The summed E-state index contributed by atoms with van der Waals surface area (Å²) in [7, 11) is 0. The molecule has 2 aromatic carbocycles. The third-order valence-electron chi connectivity index (χ3n) is 5.26. The Hall–Kier alpha value is -1.95. The lowest BCUT2D eigenvalue weighted by atomic mass is 9.77. The van der Waals surface area contributed by atoms with Crippen molar-refractivity contribution in [3.63, 3.8) is 0 Å². The lowest BCUT2D eigenvalue weighted by Crippen LogP contribution is -2.29. The van der Waals surface area contributed by atoms with Gasteiger partial charge in [-0.15, -0.1) is 13.2 Å². The molecule has 0 bridgehead atoms. The zero-order valence-electron chi connectivity index (χ0n) is 13.6. The highest BCUT2D eigenvalue weighted by Gasteiger charge is 2.41. The van der Waals surface area contributed by atoms with Crippen LogP contribution >= 0.6 is 11.6 Å². The fraction of sp³-hybridized carbons (Fsp3) is 0.368. The fourth-order valence-electron chi connectivity index (χ4n) is 4.29. The van der Waals surface area contributed by atoms with Crippen molar-refractivity contribution in [2.45, 2.75) is 37.6 Å². The molecule has 1 fully saturated rings. The summed E-state index contributed by atoms with van der Waals surface area (Å²) in [5.41, 5.74) is 2.42. The lowest BCUT2D eigenvalue weighted by molar-refractivity contribution is -0.274. The van der Waals surface area contributed by atoms with Crippen LogP contribution in [0.5, 0.6) is 5.75 Å². The van der Waals surface area contributed by atoms with E-state index < -0.39 is 12.2 Å². The van der Waals surface area contributed by atoms with E-state index in [-0.39, 0.29) is 23.6 Å². The Morgan fingerprint density at radius 2 is 1.85 bits per heavy atom. The number of nitrogens with one attached hydrogen (secondary N) is 1. The Labute approximate surface area is 153 Å². The van der Waals surface area contributed by atoms with Gasteiger partial charge < -0.3 is 10.1 Å². The molecule has 2 nitrogen and oxygen atoms in total. The number of fused-ring (bicyclic) bond motifs is 3. The van der Waals surface area contributed by atoms with Crippen LogP contribution in [0.2, 0.25) is 5.02 Å². The fourth-order valence-corrected chi connectivity index (χ4v) is 4.57. The molecule has 2 aromatic rings. The van der Waals surface area contributed by atoms with Crippen LogP contribution in [0.15, 0.2) is 36.4 Å². The maximum absolute atomic E-state index is 13.4. The maximum atomic E-state index is 13.4. The van der Waals surface area contributed by atoms with Gasteiger partial charge in [-0.05, 0) is 66.1 Å². The molecule has 1 aliphatic carbocycles. The first-order chi connectivity index (χ1) is 12.3. The molecule has 2 aliphatic rings. The minimum Gasteiger partial charge on any atom is -0.406 e. The van der Waals surface area contributed by atoms with Gasteiger partial charge >= 0.3 is 6.36 Å². The topological polar surface area (TPSA) is 21.3 Å². The molecule has 138 valence electrons. The summed E-state index contributed by atoms with van der Waals surface area (Å²) in [6.07, 6.45) is -1.91. The molecule has 7 heteroatoms. The molecule has 0 aromatic heterocycles. The monoisotopic (exact) mass is 385 g/mol. The molecule has 1 aliphatic heterocycles. The van der Waals surface area contributed by atoms with E-state index in [2.05, 4.69) is 10.1 Å². The van der Waals surface area contributed by atoms with E-state index in [1.165, 1.54) is 24.3 Å². The minimum absolute atomic E-state index is 0.0996. The van der Waals surface area contributed by atoms with Crippen LogP contribution in [-0.4, -0.2) is 6.36 Å². The summed E-state index contributed by atoms with van der Waals surface area (Å²) in [5, 5.41) is 3.75. The molecule has 3 unspecified atom stereocenters. The highest BCUT2D eigenvalue weighted by atomic mass is 35.5. The zero-order chi connectivity index (χ0) is 18.5. The van der Waals surface area contributed by atoms with Gasteiger partial charge in [0.1, 0.15) is 11.6 Å². The molecule has 0 amide bonds. The average Bonchev–Trinajstić information content (AvgIpc) is 3.03. The largest absolute Gasteiger partial charge is 0.573 e. The Bertz CT molecular complexity index is 839. The predicted octanol–water partition coefficient (Wildman–Crippen LogP) is 6.43. The van der Waals surface area contributed by atoms with Crippen molar-refractivity contribution in [3.05, 3.63) is 58.4 Å². The van der Waals surface area contributed by atoms with E-state index in [9.17, 15) is 17.6 Å². The Kier molecular flexibility index (Phi) is 4.26. The summed E-state index contributed by atoms with van der Waals surface area (Å²) in [6, 6.07) is 8.63. The highest BCUT2D eigenvalue weighted by Crippen LogP contribution is 2.54. The normalized spacial score (nSPS) is 24.6.